The molecule has 0 aromatic heterocycles. The predicted molar refractivity (Wildman–Crippen MR) is 378 cm³/mol. The molecule has 0 aliphatic carbocycles. The molecule has 3 heterocycles. The number of amides is 1. The molecule has 12 N–H and O–H groups in total. The maximum atomic E-state index is 13.4. The number of rotatable bonds is 55. The van der Waals surface area contributed by atoms with Crippen molar-refractivity contribution in [1.29, 1.82) is 0 Å². The molecule has 0 aromatic carbocycles. The van der Waals surface area contributed by atoms with Crippen LogP contribution in [0.15, 0.2) is 122 Å². The van der Waals surface area contributed by atoms with Crippen LogP contribution in [0.5, 0.6) is 0 Å². The smallest absolute Gasteiger partial charge is 0.220 e. The fraction of sp³-hybridized carbons (Fsp3) is 0.727. The summed E-state index contributed by atoms with van der Waals surface area (Å²) in [6.07, 6.45) is 52.3. The lowest BCUT2D eigenvalue weighted by Crippen LogP contribution is -2.66. The Hall–Kier alpha value is -3.81. The average molecular weight is 1360 g/mol. The highest BCUT2D eigenvalue weighted by Crippen LogP contribution is 2.33. The third kappa shape index (κ3) is 37.6. The molecular weight excluding hydrogens is 1230 g/mol. The Morgan fingerprint density at radius 1 is 0.385 bits per heavy atom. The highest BCUT2D eigenvalue weighted by atomic mass is 16.8. The van der Waals surface area contributed by atoms with E-state index < -0.39 is 124 Å². The number of aliphatic hydroxyl groups is 11. The summed E-state index contributed by atoms with van der Waals surface area (Å²) in [5.74, 6) is -0.291. The first-order valence-corrected chi connectivity index (χ1v) is 36.8. The first kappa shape index (κ1) is 86.4. The van der Waals surface area contributed by atoms with Gasteiger partial charge in [0.05, 0.1) is 38.6 Å². The van der Waals surface area contributed by atoms with Gasteiger partial charge in [0.15, 0.2) is 18.9 Å². The van der Waals surface area contributed by atoms with Crippen LogP contribution in [0.3, 0.4) is 0 Å². The van der Waals surface area contributed by atoms with E-state index in [2.05, 4.69) is 129 Å². The van der Waals surface area contributed by atoms with Crippen LogP contribution in [0.25, 0.3) is 0 Å². The molecule has 3 fully saturated rings. The van der Waals surface area contributed by atoms with Crippen molar-refractivity contribution in [3.63, 3.8) is 0 Å². The molecule has 96 heavy (non-hydrogen) atoms. The summed E-state index contributed by atoms with van der Waals surface area (Å²) in [5, 5.41) is 120. The fourth-order valence-corrected chi connectivity index (χ4v) is 11.6. The Bertz CT molecular complexity index is 2210. The van der Waals surface area contributed by atoms with Crippen molar-refractivity contribution in [3.05, 3.63) is 122 Å². The van der Waals surface area contributed by atoms with Crippen LogP contribution in [0.1, 0.15) is 226 Å². The molecule has 0 saturated carbocycles. The molecule has 3 rings (SSSR count). The molecule has 17 atom stereocenters. The maximum absolute atomic E-state index is 13.4. The topological polar surface area (TPSA) is 307 Å². The summed E-state index contributed by atoms with van der Waals surface area (Å²) in [6.45, 7) is 1.53. The Morgan fingerprint density at radius 2 is 0.729 bits per heavy atom. The van der Waals surface area contributed by atoms with Crippen molar-refractivity contribution in [2.45, 2.75) is 330 Å². The number of hydrogen-bond donors (Lipinski definition) is 12. The summed E-state index contributed by atoms with van der Waals surface area (Å²) >= 11 is 0. The summed E-state index contributed by atoms with van der Waals surface area (Å²) in [6, 6.07) is -0.994. The van der Waals surface area contributed by atoms with Gasteiger partial charge in [-0.2, -0.15) is 0 Å². The number of aliphatic hydroxyl groups excluding tert-OH is 11. The largest absolute Gasteiger partial charge is 0.394 e. The third-order valence-corrected chi connectivity index (χ3v) is 17.5. The summed E-state index contributed by atoms with van der Waals surface area (Å²) in [5.41, 5.74) is 0. The molecule has 3 saturated heterocycles. The quantitative estimate of drug-likeness (QED) is 0.0199. The first-order chi connectivity index (χ1) is 46.8. The maximum Gasteiger partial charge on any atom is 0.220 e. The molecule has 3 aliphatic heterocycles. The minimum atomic E-state index is -1.98. The van der Waals surface area contributed by atoms with E-state index in [0.717, 1.165) is 89.9 Å². The summed E-state index contributed by atoms with van der Waals surface area (Å²) in [4.78, 5) is 13.4. The number of carbonyl (C=O) groups excluding carboxylic acids is 1. The SMILES string of the molecule is CC/C=C\C/C=C\C/C=C\C/C=C\C/C=C\C/C=C\C/C=C\C/C=C\CCCCCCCCCCCCCCCCCCC(=O)NC(COC1OC(CO)C(OC2OC(CO)C(OC3OC(CO)C(O)C(O)C3O)C(O)C2O)C(O)C1O)C(O)/C=C/CC/C=C/CCCCCC. The minimum Gasteiger partial charge on any atom is -0.394 e. The molecule has 0 radical (unpaired) electrons. The van der Waals surface area contributed by atoms with Gasteiger partial charge in [-0.1, -0.05) is 245 Å². The van der Waals surface area contributed by atoms with Crippen molar-refractivity contribution < 1.29 is 89.4 Å². The van der Waals surface area contributed by atoms with E-state index in [-0.39, 0.29) is 18.9 Å². The van der Waals surface area contributed by atoms with Gasteiger partial charge < -0.3 is 89.9 Å². The van der Waals surface area contributed by atoms with E-state index in [1.165, 1.54) is 103 Å². The van der Waals surface area contributed by atoms with E-state index in [1.54, 1.807) is 6.08 Å². The van der Waals surface area contributed by atoms with Crippen molar-refractivity contribution in [2.24, 2.45) is 0 Å². The zero-order valence-electron chi connectivity index (χ0n) is 58.3. The predicted octanol–water partition coefficient (Wildman–Crippen LogP) is 10.8. The Morgan fingerprint density at radius 3 is 1.17 bits per heavy atom. The van der Waals surface area contributed by atoms with Crippen LogP contribution >= 0.6 is 0 Å². The second-order valence-electron chi connectivity index (χ2n) is 25.7. The monoisotopic (exact) mass is 1360 g/mol. The van der Waals surface area contributed by atoms with Gasteiger partial charge in [-0.25, -0.2) is 0 Å². The van der Waals surface area contributed by atoms with Gasteiger partial charge in [-0.3, -0.25) is 4.79 Å². The zero-order chi connectivity index (χ0) is 69.6. The molecule has 1 amide bonds. The average Bonchev–Trinajstić information content (AvgIpc) is 0.849. The summed E-state index contributed by atoms with van der Waals surface area (Å²) in [7, 11) is 0. The zero-order valence-corrected chi connectivity index (χ0v) is 58.3. The molecule has 17 unspecified atom stereocenters. The Labute approximate surface area is 576 Å². The van der Waals surface area contributed by atoms with Gasteiger partial charge >= 0.3 is 0 Å². The van der Waals surface area contributed by atoms with Gasteiger partial charge in [0, 0.05) is 6.42 Å². The normalized spacial score (nSPS) is 27.8. The van der Waals surface area contributed by atoms with Crippen molar-refractivity contribution in [2.75, 3.05) is 26.4 Å². The molecule has 19 nitrogen and oxygen atoms in total. The van der Waals surface area contributed by atoms with Crippen LogP contribution in [0.4, 0.5) is 0 Å². The molecule has 19 heteroatoms. The van der Waals surface area contributed by atoms with Crippen LogP contribution in [0, 0.1) is 0 Å². The number of hydrogen-bond acceptors (Lipinski definition) is 18. The third-order valence-electron chi connectivity index (χ3n) is 17.5. The lowest BCUT2D eigenvalue weighted by Gasteiger charge is -2.48. The Balaban J connectivity index is 1.28. The van der Waals surface area contributed by atoms with Gasteiger partial charge in [-0.05, 0) is 96.3 Å². The highest BCUT2D eigenvalue weighted by Gasteiger charge is 2.53. The molecule has 0 aromatic rings. The molecule has 550 valence electrons. The second-order valence-corrected chi connectivity index (χ2v) is 25.7. The van der Waals surface area contributed by atoms with E-state index >= 15 is 0 Å². The van der Waals surface area contributed by atoms with Crippen LogP contribution in [-0.2, 0) is 33.2 Å². The van der Waals surface area contributed by atoms with E-state index in [0.29, 0.717) is 12.8 Å². The minimum absolute atomic E-state index is 0.230. The number of nitrogens with one attached hydrogen (secondary N) is 1. The number of ether oxygens (including phenoxy) is 6. The van der Waals surface area contributed by atoms with Gasteiger partial charge in [0.1, 0.15) is 73.2 Å². The molecule has 0 spiro atoms. The first-order valence-electron chi connectivity index (χ1n) is 36.8. The number of allylic oxidation sites excluding steroid dienone is 19. The van der Waals surface area contributed by atoms with Crippen molar-refractivity contribution >= 4 is 5.91 Å². The number of carbonyl (C=O) groups is 1. The van der Waals surface area contributed by atoms with Gasteiger partial charge in [0.25, 0.3) is 0 Å². The lowest BCUT2D eigenvalue weighted by molar-refractivity contribution is -0.379. The standard InChI is InChI=1S/C77H129NO18/c1-3-5-7-9-11-13-15-16-17-18-19-20-21-22-23-24-25-26-27-28-29-30-31-32-33-34-35-36-37-38-39-40-41-42-43-44-45-47-49-51-53-55-65(83)78-60(61(82)54-52-50-48-46-14-12-10-8-6-4-2)59-91-75-71(89)68(86)73(63(57-80)93-75)96-77-72(90)69(87)74(64(58-81)94-77)95-76-70(88)67(85)66(84)62(56-79)92-76/h5,7,11,13-14,16-17,19-20,22-23,25-26,28-29,31-32,46,52,54,60-64,66-77,79-82,84-90H,3-4,6,8-10,12,15,18,21,24,27,30,33-45,47-51,53,55-59H2,1-2H3,(H,78,83)/b7-5-,13-11-,17-16-,20-19-,23-22-,26-25-,29-28-,32-31-,46-14+,54-52+. The van der Waals surface area contributed by atoms with Crippen LogP contribution < -0.4 is 5.32 Å². The highest BCUT2D eigenvalue weighted by molar-refractivity contribution is 5.76. The Kier molecular flexibility index (Phi) is 51.2. The van der Waals surface area contributed by atoms with Crippen LogP contribution in [0.2, 0.25) is 0 Å². The van der Waals surface area contributed by atoms with Crippen LogP contribution in [-0.4, -0.2) is 193 Å². The van der Waals surface area contributed by atoms with Crippen molar-refractivity contribution in [1.82, 2.24) is 5.32 Å². The molecular formula is C77H129NO18. The second kappa shape index (κ2) is 56.9. The number of unbranched alkanes of at least 4 members (excludes halogenated alkanes) is 21. The molecule has 3 aliphatic rings. The lowest BCUT2D eigenvalue weighted by atomic mass is 9.96. The summed E-state index contributed by atoms with van der Waals surface area (Å²) < 4.78 is 34.3. The van der Waals surface area contributed by atoms with E-state index in [1.807, 2.05) is 6.08 Å². The van der Waals surface area contributed by atoms with Gasteiger partial charge in [0.2, 0.25) is 5.91 Å². The molecule has 0 bridgehead atoms. The van der Waals surface area contributed by atoms with Crippen molar-refractivity contribution in [3.8, 4) is 0 Å². The fourth-order valence-electron chi connectivity index (χ4n) is 11.6. The van der Waals surface area contributed by atoms with E-state index in [9.17, 15) is 61.0 Å². The van der Waals surface area contributed by atoms with Gasteiger partial charge in [-0.15, -0.1) is 0 Å². The van der Waals surface area contributed by atoms with E-state index in [4.69, 9.17) is 28.4 Å².